The Balaban J connectivity index is 1.19. The zero-order valence-electron chi connectivity index (χ0n) is 17.8. The molecule has 1 fully saturated rings. The van der Waals surface area contributed by atoms with Crippen molar-refractivity contribution in [1.82, 2.24) is 9.80 Å². The SMILES string of the molecule is O=C1Nc2ccccc2CC1CCC(=O)N1CCN(C(=O)COc2ccc(Cl)cc2)CC1. The first-order valence-corrected chi connectivity index (χ1v) is 11.2. The number of halogens is 1. The number of rotatable bonds is 6. The van der Waals surface area contributed by atoms with Gasteiger partial charge in [-0.3, -0.25) is 14.4 Å². The number of para-hydroxylation sites is 1. The highest BCUT2D eigenvalue weighted by molar-refractivity contribution is 6.30. The third-order valence-electron chi connectivity index (χ3n) is 5.98. The van der Waals surface area contributed by atoms with Gasteiger partial charge in [-0.25, -0.2) is 0 Å². The standard InChI is InChI=1S/C24H26ClN3O4/c25-19-6-8-20(9-7-19)32-16-23(30)28-13-11-27(12-14-28)22(29)10-5-18-15-17-3-1-2-4-21(17)26-24(18)31/h1-4,6-9,18H,5,10-16H2,(H,26,31). The van der Waals surface area contributed by atoms with Crippen LogP contribution in [0.5, 0.6) is 5.75 Å². The topological polar surface area (TPSA) is 79.0 Å². The van der Waals surface area contributed by atoms with Crippen LogP contribution in [0.3, 0.4) is 0 Å². The summed E-state index contributed by atoms with van der Waals surface area (Å²) in [6.07, 6.45) is 1.51. The van der Waals surface area contributed by atoms with Gasteiger partial charge in [0.05, 0.1) is 0 Å². The molecule has 168 valence electrons. The van der Waals surface area contributed by atoms with Crippen LogP contribution in [-0.4, -0.2) is 60.3 Å². The largest absolute Gasteiger partial charge is 0.484 e. The number of amides is 3. The fraction of sp³-hybridized carbons (Fsp3) is 0.375. The fourth-order valence-electron chi connectivity index (χ4n) is 4.07. The van der Waals surface area contributed by atoms with Crippen molar-refractivity contribution in [1.29, 1.82) is 0 Å². The lowest BCUT2D eigenvalue weighted by molar-refractivity contribution is -0.141. The number of hydrogen-bond acceptors (Lipinski definition) is 4. The maximum atomic E-state index is 12.7. The van der Waals surface area contributed by atoms with E-state index in [0.29, 0.717) is 56.2 Å². The smallest absolute Gasteiger partial charge is 0.260 e. The van der Waals surface area contributed by atoms with E-state index in [-0.39, 0.29) is 30.2 Å². The monoisotopic (exact) mass is 455 g/mol. The minimum Gasteiger partial charge on any atom is -0.484 e. The Hall–Kier alpha value is -3.06. The Morgan fingerprint density at radius 2 is 1.62 bits per heavy atom. The first-order valence-electron chi connectivity index (χ1n) is 10.8. The van der Waals surface area contributed by atoms with Crippen LogP contribution < -0.4 is 10.1 Å². The number of nitrogens with zero attached hydrogens (tertiary/aromatic N) is 2. The Morgan fingerprint density at radius 1 is 0.969 bits per heavy atom. The summed E-state index contributed by atoms with van der Waals surface area (Å²) >= 11 is 5.85. The fourth-order valence-corrected chi connectivity index (χ4v) is 4.20. The summed E-state index contributed by atoms with van der Waals surface area (Å²) in [5, 5.41) is 3.54. The highest BCUT2D eigenvalue weighted by Crippen LogP contribution is 2.27. The van der Waals surface area contributed by atoms with Crippen molar-refractivity contribution in [2.24, 2.45) is 5.92 Å². The molecule has 1 atom stereocenters. The summed E-state index contributed by atoms with van der Waals surface area (Å²) in [6.45, 7) is 1.89. The number of anilines is 1. The van der Waals surface area contributed by atoms with Gasteiger partial charge in [-0.2, -0.15) is 0 Å². The van der Waals surface area contributed by atoms with Crippen molar-refractivity contribution in [3.05, 3.63) is 59.1 Å². The van der Waals surface area contributed by atoms with E-state index in [0.717, 1.165) is 11.3 Å². The number of fused-ring (bicyclic) bond motifs is 1. The molecule has 0 aliphatic carbocycles. The van der Waals surface area contributed by atoms with Gasteiger partial charge in [0, 0.05) is 49.2 Å². The molecule has 7 nitrogen and oxygen atoms in total. The molecule has 0 radical (unpaired) electrons. The van der Waals surface area contributed by atoms with Gasteiger partial charge in [0.15, 0.2) is 6.61 Å². The lowest BCUT2D eigenvalue weighted by Crippen LogP contribution is -2.51. The summed E-state index contributed by atoms with van der Waals surface area (Å²) in [6, 6.07) is 14.6. The molecule has 0 aromatic heterocycles. The average molecular weight is 456 g/mol. The minimum atomic E-state index is -0.193. The predicted molar refractivity (Wildman–Crippen MR) is 122 cm³/mol. The molecule has 1 saturated heterocycles. The summed E-state index contributed by atoms with van der Waals surface area (Å²) in [4.78, 5) is 40.9. The van der Waals surface area contributed by atoms with Gasteiger partial charge >= 0.3 is 0 Å². The van der Waals surface area contributed by atoms with E-state index in [9.17, 15) is 14.4 Å². The molecule has 4 rings (SSSR count). The van der Waals surface area contributed by atoms with Crippen molar-refractivity contribution in [2.75, 3.05) is 38.1 Å². The van der Waals surface area contributed by atoms with Crippen LogP contribution in [0.1, 0.15) is 18.4 Å². The molecule has 2 aliphatic rings. The molecule has 2 heterocycles. The van der Waals surface area contributed by atoms with Crippen LogP contribution in [-0.2, 0) is 20.8 Å². The second kappa shape index (κ2) is 10.0. The Morgan fingerprint density at radius 3 is 2.34 bits per heavy atom. The second-order valence-electron chi connectivity index (χ2n) is 8.09. The van der Waals surface area contributed by atoms with Gasteiger partial charge in [0.25, 0.3) is 5.91 Å². The Labute approximate surface area is 192 Å². The van der Waals surface area contributed by atoms with E-state index in [2.05, 4.69) is 5.32 Å². The Kier molecular flexibility index (Phi) is 6.95. The van der Waals surface area contributed by atoms with Crippen molar-refractivity contribution >= 4 is 35.0 Å². The van der Waals surface area contributed by atoms with Crippen molar-refractivity contribution < 1.29 is 19.1 Å². The number of carbonyl (C=O) groups is 3. The third kappa shape index (κ3) is 5.40. The molecule has 2 aliphatic heterocycles. The average Bonchev–Trinajstić information content (AvgIpc) is 2.82. The summed E-state index contributed by atoms with van der Waals surface area (Å²) in [7, 11) is 0. The maximum absolute atomic E-state index is 12.7. The predicted octanol–water partition coefficient (Wildman–Crippen LogP) is 2.98. The first-order chi connectivity index (χ1) is 15.5. The molecule has 1 unspecified atom stereocenters. The van der Waals surface area contributed by atoms with Crippen molar-refractivity contribution in [2.45, 2.75) is 19.3 Å². The van der Waals surface area contributed by atoms with Crippen LogP contribution in [0, 0.1) is 5.92 Å². The highest BCUT2D eigenvalue weighted by atomic mass is 35.5. The number of ether oxygens (including phenoxy) is 1. The van der Waals surface area contributed by atoms with Gasteiger partial charge < -0.3 is 19.9 Å². The van der Waals surface area contributed by atoms with Gasteiger partial charge in [-0.05, 0) is 48.7 Å². The van der Waals surface area contributed by atoms with Gasteiger partial charge in [0.1, 0.15) is 5.75 Å². The van der Waals surface area contributed by atoms with E-state index in [1.165, 1.54) is 0 Å². The zero-order chi connectivity index (χ0) is 22.5. The quantitative estimate of drug-likeness (QED) is 0.726. The number of benzene rings is 2. The van der Waals surface area contributed by atoms with E-state index in [1.807, 2.05) is 24.3 Å². The van der Waals surface area contributed by atoms with Crippen LogP contribution in [0.2, 0.25) is 5.02 Å². The van der Waals surface area contributed by atoms with E-state index >= 15 is 0 Å². The number of piperazine rings is 1. The molecule has 1 N–H and O–H groups in total. The van der Waals surface area contributed by atoms with Crippen LogP contribution in [0.15, 0.2) is 48.5 Å². The molecule has 0 bridgehead atoms. The molecular formula is C24H26ClN3O4. The lowest BCUT2D eigenvalue weighted by Gasteiger charge is -2.35. The highest BCUT2D eigenvalue weighted by Gasteiger charge is 2.28. The maximum Gasteiger partial charge on any atom is 0.260 e. The van der Waals surface area contributed by atoms with Crippen LogP contribution >= 0.6 is 11.6 Å². The number of nitrogens with one attached hydrogen (secondary N) is 1. The van der Waals surface area contributed by atoms with Crippen molar-refractivity contribution in [3.63, 3.8) is 0 Å². The molecule has 8 heteroatoms. The van der Waals surface area contributed by atoms with E-state index in [4.69, 9.17) is 16.3 Å². The number of hydrogen-bond donors (Lipinski definition) is 1. The Bertz CT molecular complexity index is 987. The molecular weight excluding hydrogens is 430 g/mol. The van der Waals surface area contributed by atoms with Gasteiger partial charge in [-0.1, -0.05) is 29.8 Å². The zero-order valence-corrected chi connectivity index (χ0v) is 18.5. The van der Waals surface area contributed by atoms with Crippen LogP contribution in [0.25, 0.3) is 0 Å². The molecule has 0 saturated carbocycles. The molecule has 2 aromatic carbocycles. The molecule has 0 spiro atoms. The third-order valence-corrected chi connectivity index (χ3v) is 6.23. The normalized spacial score (nSPS) is 18.0. The second-order valence-corrected chi connectivity index (χ2v) is 8.53. The molecule has 2 aromatic rings. The summed E-state index contributed by atoms with van der Waals surface area (Å²) in [5.41, 5.74) is 1.97. The molecule has 32 heavy (non-hydrogen) atoms. The molecule has 3 amide bonds. The van der Waals surface area contributed by atoms with Gasteiger partial charge in [-0.15, -0.1) is 0 Å². The first kappa shape index (κ1) is 22.1. The van der Waals surface area contributed by atoms with E-state index < -0.39 is 0 Å². The summed E-state index contributed by atoms with van der Waals surface area (Å²) in [5.74, 6) is 0.297. The number of carbonyl (C=O) groups excluding carboxylic acids is 3. The van der Waals surface area contributed by atoms with Crippen molar-refractivity contribution in [3.8, 4) is 5.75 Å². The minimum absolute atomic E-state index is 0.0207. The summed E-state index contributed by atoms with van der Waals surface area (Å²) < 4.78 is 5.52. The lowest BCUT2D eigenvalue weighted by atomic mass is 9.89. The van der Waals surface area contributed by atoms with E-state index in [1.54, 1.807) is 34.1 Å². The van der Waals surface area contributed by atoms with Gasteiger partial charge in [0.2, 0.25) is 11.8 Å². The van der Waals surface area contributed by atoms with Crippen LogP contribution in [0.4, 0.5) is 5.69 Å².